The highest BCUT2D eigenvalue weighted by Gasteiger charge is 2.37. The minimum absolute atomic E-state index is 0.00808. The average molecular weight is 178 g/mol. The molecule has 1 saturated carbocycles. The van der Waals surface area contributed by atoms with Crippen molar-refractivity contribution in [2.24, 2.45) is 0 Å². The van der Waals surface area contributed by atoms with Gasteiger partial charge in [-0.1, -0.05) is 0 Å². The van der Waals surface area contributed by atoms with E-state index in [1.54, 1.807) is 6.07 Å². The van der Waals surface area contributed by atoms with Gasteiger partial charge in [0, 0.05) is 6.04 Å². The quantitative estimate of drug-likeness (QED) is 0.613. The lowest BCUT2D eigenvalue weighted by molar-refractivity contribution is -0.145. The number of hydrogen-bond donors (Lipinski definition) is 0. The molecule has 0 N–H and O–H groups in total. The number of rotatable bonds is 3. The van der Waals surface area contributed by atoms with Crippen molar-refractivity contribution in [3.05, 3.63) is 0 Å². The molecule has 0 amide bonds. The van der Waals surface area contributed by atoms with Gasteiger partial charge in [0.05, 0.1) is 19.2 Å². The van der Waals surface area contributed by atoms with Crippen LogP contribution in [0.1, 0.15) is 12.8 Å². The van der Waals surface area contributed by atoms with Crippen LogP contribution >= 0.6 is 0 Å². The molecule has 0 atom stereocenters. The Balaban J connectivity index is 2.38. The van der Waals surface area contributed by atoms with Gasteiger partial charge < -0.3 is 0 Å². The third-order valence-corrected chi connectivity index (χ3v) is 1.72. The second-order valence-electron chi connectivity index (χ2n) is 2.91. The molecule has 5 heteroatoms. The molecular formula is C7H9F3N2. The molecule has 0 bridgehead atoms. The summed E-state index contributed by atoms with van der Waals surface area (Å²) in [6.07, 6.45) is -2.60. The highest BCUT2D eigenvalue weighted by Crippen LogP contribution is 2.29. The first-order valence-corrected chi connectivity index (χ1v) is 3.70. The maximum absolute atomic E-state index is 11.9. The van der Waals surface area contributed by atoms with E-state index in [0.717, 1.165) is 12.8 Å². The zero-order valence-electron chi connectivity index (χ0n) is 6.43. The van der Waals surface area contributed by atoms with Gasteiger partial charge in [0.1, 0.15) is 0 Å². The van der Waals surface area contributed by atoms with Crippen LogP contribution in [0.5, 0.6) is 0 Å². The van der Waals surface area contributed by atoms with Gasteiger partial charge in [-0.25, -0.2) is 0 Å². The standard InChI is InChI=1S/C7H9F3N2/c8-7(9,10)5-12(4-3-11)6-1-2-6/h6H,1-2,4-5H2. The van der Waals surface area contributed by atoms with Crippen molar-refractivity contribution >= 4 is 0 Å². The second kappa shape index (κ2) is 3.31. The summed E-state index contributed by atoms with van der Waals surface area (Å²) in [6.45, 7) is -1.07. The van der Waals surface area contributed by atoms with Crippen LogP contribution in [0.4, 0.5) is 13.2 Å². The lowest BCUT2D eigenvalue weighted by Crippen LogP contribution is -2.36. The molecular weight excluding hydrogens is 169 g/mol. The predicted octanol–water partition coefficient (Wildman–Crippen LogP) is 1.54. The first-order chi connectivity index (χ1) is 5.53. The van der Waals surface area contributed by atoms with Crippen molar-refractivity contribution in [2.75, 3.05) is 13.1 Å². The maximum atomic E-state index is 11.9. The number of nitriles is 1. The van der Waals surface area contributed by atoms with Crippen molar-refractivity contribution in [1.82, 2.24) is 4.90 Å². The van der Waals surface area contributed by atoms with E-state index in [0.29, 0.717) is 0 Å². The molecule has 0 aromatic heterocycles. The Morgan fingerprint density at radius 2 is 2.00 bits per heavy atom. The van der Waals surface area contributed by atoms with Gasteiger partial charge >= 0.3 is 6.18 Å². The van der Waals surface area contributed by atoms with Gasteiger partial charge in [0.2, 0.25) is 0 Å². The Labute approximate surface area is 68.6 Å². The fraction of sp³-hybridized carbons (Fsp3) is 0.857. The largest absolute Gasteiger partial charge is 0.401 e. The highest BCUT2D eigenvalue weighted by molar-refractivity contribution is 4.90. The molecule has 0 radical (unpaired) electrons. The van der Waals surface area contributed by atoms with E-state index in [2.05, 4.69) is 0 Å². The Bertz CT molecular complexity index is 190. The lowest BCUT2D eigenvalue weighted by Gasteiger charge is -2.19. The van der Waals surface area contributed by atoms with Crippen molar-refractivity contribution in [1.29, 1.82) is 5.26 Å². The van der Waals surface area contributed by atoms with Crippen molar-refractivity contribution in [2.45, 2.75) is 25.1 Å². The number of nitrogens with zero attached hydrogens (tertiary/aromatic N) is 2. The van der Waals surface area contributed by atoms with Crippen LogP contribution in [0.15, 0.2) is 0 Å². The Hall–Kier alpha value is -0.760. The fourth-order valence-corrected chi connectivity index (χ4v) is 1.07. The Morgan fingerprint density at radius 3 is 2.33 bits per heavy atom. The molecule has 0 heterocycles. The lowest BCUT2D eigenvalue weighted by atomic mass is 10.4. The normalized spacial score (nSPS) is 17.9. The summed E-state index contributed by atoms with van der Waals surface area (Å²) in [4.78, 5) is 1.18. The zero-order chi connectivity index (χ0) is 9.19. The molecule has 0 aromatic rings. The second-order valence-corrected chi connectivity index (χ2v) is 2.91. The van der Waals surface area contributed by atoms with E-state index in [-0.39, 0.29) is 12.6 Å². The van der Waals surface area contributed by atoms with Crippen LogP contribution in [-0.2, 0) is 0 Å². The van der Waals surface area contributed by atoms with E-state index in [1.165, 1.54) is 4.90 Å². The van der Waals surface area contributed by atoms with Crippen LogP contribution in [0.2, 0.25) is 0 Å². The molecule has 0 aliphatic heterocycles. The molecule has 1 aliphatic rings. The minimum atomic E-state index is -4.18. The first-order valence-electron chi connectivity index (χ1n) is 3.70. The average Bonchev–Trinajstić information content (AvgIpc) is 2.63. The number of halogens is 3. The van der Waals surface area contributed by atoms with E-state index in [1.807, 2.05) is 0 Å². The van der Waals surface area contributed by atoms with Crippen LogP contribution in [0, 0.1) is 11.3 Å². The van der Waals surface area contributed by atoms with Gasteiger partial charge in [-0.15, -0.1) is 0 Å². The molecule has 2 nitrogen and oxygen atoms in total. The first kappa shape index (κ1) is 9.33. The molecule has 0 aromatic carbocycles. The van der Waals surface area contributed by atoms with Gasteiger partial charge in [-0.2, -0.15) is 18.4 Å². The fourth-order valence-electron chi connectivity index (χ4n) is 1.07. The number of hydrogen-bond acceptors (Lipinski definition) is 2. The summed E-state index contributed by atoms with van der Waals surface area (Å²) in [7, 11) is 0. The van der Waals surface area contributed by atoms with E-state index in [9.17, 15) is 13.2 Å². The molecule has 1 aliphatic carbocycles. The van der Waals surface area contributed by atoms with Gasteiger partial charge in [0.15, 0.2) is 0 Å². The van der Waals surface area contributed by atoms with E-state index >= 15 is 0 Å². The third kappa shape index (κ3) is 3.09. The zero-order valence-corrected chi connectivity index (χ0v) is 6.43. The number of alkyl halides is 3. The Kier molecular flexibility index (Phi) is 2.58. The molecule has 68 valence electrons. The van der Waals surface area contributed by atoms with Crippen LogP contribution in [-0.4, -0.2) is 30.2 Å². The molecule has 0 unspecified atom stereocenters. The highest BCUT2D eigenvalue weighted by atomic mass is 19.4. The van der Waals surface area contributed by atoms with Crippen molar-refractivity contribution in [3.63, 3.8) is 0 Å². The van der Waals surface area contributed by atoms with Crippen LogP contribution in [0.3, 0.4) is 0 Å². The predicted molar refractivity (Wildman–Crippen MR) is 36.3 cm³/mol. The van der Waals surface area contributed by atoms with E-state index < -0.39 is 12.7 Å². The maximum Gasteiger partial charge on any atom is 0.401 e. The van der Waals surface area contributed by atoms with Gasteiger partial charge in [-0.3, -0.25) is 4.90 Å². The van der Waals surface area contributed by atoms with Crippen LogP contribution < -0.4 is 0 Å². The topological polar surface area (TPSA) is 27.0 Å². The van der Waals surface area contributed by atoms with Crippen molar-refractivity contribution < 1.29 is 13.2 Å². The van der Waals surface area contributed by atoms with Crippen LogP contribution in [0.25, 0.3) is 0 Å². The summed E-state index contributed by atoms with van der Waals surface area (Å²) < 4.78 is 35.6. The monoisotopic (exact) mass is 178 g/mol. The summed E-state index contributed by atoms with van der Waals surface area (Å²) in [5, 5.41) is 8.25. The molecule has 0 spiro atoms. The van der Waals surface area contributed by atoms with Gasteiger partial charge in [-0.05, 0) is 12.8 Å². The van der Waals surface area contributed by atoms with Gasteiger partial charge in [0.25, 0.3) is 0 Å². The third-order valence-electron chi connectivity index (χ3n) is 1.72. The summed E-state index contributed by atoms with van der Waals surface area (Å²) in [5.41, 5.74) is 0. The summed E-state index contributed by atoms with van der Waals surface area (Å²) >= 11 is 0. The minimum Gasteiger partial charge on any atom is -0.279 e. The molecule has 1 fully saturated rings. The summed E-state index contributed by atoms with van der Waals surface area (Å²) in [5.74, 6) is 0. The molecule has 1 rings (SSSR count). The SMILES string of the molecule is N#CCN(CC(F)(F)F)C1CC1. The smallest absolute Gasteiger partial charge is 0.279 e. The molecule has 12 heavy (non-hydrogen) atoms. The van der Waals surface area contributed by atoms with E-state index in [4.69, 9.17) is 5.26 Å². The Morgan fingerprint density at radius 1 is 1.42 bits per heavy atom. The summed E-state index contributed by atoms with van der Waals surface area (Å²) in [6, 6.07) is 1.73. The van der Waals surface area contributed by atoms with Crippen molar-refractivity contribution in [3.8, 4) is 6.07 Å². The molecule has 0 saturated heterocycles.